The number of anilines is 2. The van der Waals surface area contributed by atoms with Gasteiger partial charge in [0.2, 0.25) is 41.4 Å². The Hall–Kier alpha value is -7.43. The third-order valence-electron chi connectivity index (χ3n) is 17.1. The van der Waals surface area contributed by atoms with Crippen LogP contribution in [0.3, 0.4) is 0 Å². The van der Waals surface area contributed by atoms with Gasteiger partial charge in [0.1, 0.15) is 48.5 Å². The first-order valence-electron chi connectivity index (χ1n) is 29.4. The van der Waals surface area contributed by atoms with Crippen molar-refractivity contribution in [2.24, 2.45) is 11.7 Å². The molecule has 486 valence electrons. The smallest absolute Gasteiger partial charge is 0.261 e. The molecule has 0 bridgehead atoms. The molecule has 1 saturated carbocycles. The maximum Gasteiger partial charge on any atom is 0.261 e. The van der Waals surface area contributed by atoms with Gasteiger partial charge >= 0.3 is 0 Å². The van der Waals surface area contributed by atoms with Crippen molar-refractivity contribution >= 4 is 71.0 Å². The van der Waals surface area contributed by atoms with Crippen molar-refractivity contribution in [2.45, 2.75) is 150 Å². The van der Waals surface area contributed by atoms with Gasteiger partial charge in [0.15, 0.2) is 11.5 Å². The Morgan fingerprint density at radius 1 is 0.730 bits per heavy atom. The summed E-state index contributed by atoms with van der Waals surface area (Å²) in [5.41, 5.74) is 8.46. The van der Waals surface area contributed by atoms with Gasteiger partial charge in [-0.3, -0.25) is 38.4 Å². The Labute approximate surface area is 515 Å². The molecule has 8 amide bonds. The third kappa shape index (κ3) is 16.5. The number of primary amides is 1. The van der Waals surface area contributed by atoms with Gasteiger partial charge < -0.3 is 97.0 Å². The van der Waals surface area contributed by atoms with Crippen LogP contribution in [0.5, 0.6) is 11.5 Å². The average Bonchev–Trinajstić information content (AvgIpc) is 2.11. The van der Waals surface area contributed by atoms with Crippen molar-refractivity contribution in [3.8, 4) is 11.5 Å². The molecule has 3 aromatic carbocycles. The highest BCUT2D eigenvalue weighted by Crippen LogP contribution is 2.36. The van der Waals surface area contributed by atoms with Gasteiger partial charge in [0.25, 0.3) is 18.2 Å². The Bertz CT molecular complexity index is 2990. The minimum atomic E-state index is -2.52. The second kappa shape index (κ2) is 30.4. The number of aliphatic hydroxyl groups is 7. The zero-order chi connectivity index (χ0) is 64.4. The molecule has 89 heavy (non-hydrogen) atoms. The molecule has 4 heterocycles. The lowest BCUT2D eigenvalue weighted by Gasteiger charge is -2.37. The molecule has 8 rings (SSSR count). The summed E-state index contributed by atoms with van der Waals surface area (Å²) in [6, 6.07) is 6.18. The van der Waals surface area contributed by atoms with Crippen LogP contribution in [0, 0.1) is 5.92 Å². The molecule has 14 atom stereocenters. The highest BCUT2D eigenvalue weighted by atomic mass is 32.2. The van der Waals surface area contributed by atoms with E-state index in [1.807, 2.05) is 0 Å². The Morgan fingerprint density at radius 3 is 1.96 bits per heavy atom. The first kappa shape index (κ1) is 67.5. The minimum absolute atomic E-state index is 0.0166. The molecule has 0 spiro atoms. The summed E-state index contributed by atoms with van der Waals surface area (Å²) in [6.07, 6.45) is -9.73. The van der Waals surface area contributed by atoms with E-state index in [1.54, 1.807) is 12.1 Å². The van der Waals surface area contributed by atoms with E-state index in [9.17, 15) is 79.2 Å². The van der Waals surface area contributed by atoms with Crippen molar-refractivity contribution in [1.82, 2.24) is 36.4 Å². The summed E-state index contributed by atoms with van der Waals surface area (Å²) in [6.45, 7) is 3.61. The zero-order valence-corrected chi connectivity index (χ0v) is 49.7. The van der Waals surface area contributed by atoms with Gasteiger partial charge in [-0.1, -0.05) is 53.8 Å². The first-order valence-corrected chi connectivity index (χ1v) is 30.1. The number of aliphatic hydroxyl groups excluding tert-OH is 7. The van der Waals surface area contributed by atoms with E-state index in [2.05, 4.69) is 70.0 Å². The fourth-order valence-corrected chi connectivity index (χ4v) is 12.4. The number of hydrogen-bond acceptors (Lipinski definition) is 23. The maximum atomic E-state index is 14.7. The van der Waals surface area contributed by atoms with E-state index >= 15 is 0 Å². The normalized spacial score (nSPS) is 27.8. The number of amides is 8. The topological polar surface area (TPSA) is 445 Å². The summed E-state index contributed by atoms with van der Waals surface area (Å²) in [4.78, 5) is 120. The van der Waals surface area contributed by atoms with E-state index in [0.29, 0.717) is 19.0 Å². The molecular weight excluding hydrogens is 1190 g/mol. The molecule has 30 nitrogen and oxygen atoms in total. The molecule has 4 saturated heterocycles. The largest absolute Gasteiger partial charge is 0.504 e. The van der Waals surface area contributed by atoms with Crippen LogP contribution >= 0.6 is 12.3 Å². The molecule has 31 heteroatoms. The Balaban J connectivity index is 1.06. The van der Waals surface area contributed by atoms with E-state index < -0.39 is 183 Å². The average molecular weight is 1270 g/mol. The molecule has 0 radical (unpaired) electrons. The lowest BCUT2D eigenvalue weighted by Crippen LogP contribution is -2.64. The van der Waals surface area contributed by atoms with E-state index in [1.165, 1.54) is 56.7 Å². The summed E-state index contributed by atoms with van der Waals surface area (Å²) in [5, 5.41) is 114. The number of piperazine rings is 1. The van der Waals surface area contributed by atoms with Crippen LogP contribution in [0.15, 0.2) is 66.7 Å². The molecule has 5 aliphatic rings. The van der Waals surface area contributed by atoms with Crippen molar-refractivity contribution in [2.75, 3.05) is 55.6 Å². The second-order valence-corrected chi connectivity index (χ2v) is 23.7. The van der Waals surface area contributed by atoms with Gasteiger partial charge in [0.05, 0.1) is 36.9 Å². The number of hydrogen-bond donors (Lipinski definition) is 15. The predicted molar refractivity (Wildman–Crippen MR) is 314 cm³/mol. The van der Waals surface area contributed by atoms with Gasteiger partial charge in [-0.05, 0) is 85.3 Å². The number of carbonyl (C=O) groups excluding carboxylic acids is 8. The van der Waals surface area contributed by atoms with Gasteiger partial charge in [-0.15, -0.1) is 0 Å². The fraction of sp³-hybridized carbons (Fsp3) is 0.552. The van der Waals surface area contributed by atoms with Crippen LogP contribution in [0.25, 0.3) is 0 Å². The second-order valence-electron chi connectivity index (χ2n) is 23.3. The number of benzene rings is 3. The number of carbonyl (C=O) groups is 8. The maximum absolute atomic E-state index is 14.7. The highest BCUT2D eigenvalue weighted by Gasteiger charge is 2.50. The highest BCUT2D eigenvalue weighted by molar-refractivity contribution is 7.90. The summed E-state index contributed by atoms with van der Waals surface area (Å²) in [7, 11) is 0. The molecule has 3 aromatic rings. The van der Waals surface area contributed by atoms with E-state index in [0.717, 1.165) is 59.4 Å². The van der Waals surface area contributed by atoms with Gasteiger partial charge in [-0.2, -0.15) is 0 Å². The minimum Gasteiger partial charge on any atom is -0.504 e. The Kier molecular flexibility index (Phi) is 23.0. The number of β-amino-alcohol motifs (C(OH)–C–C–N with tert-alkyl or cyclic N) is 1. The number of nitrogens with one attached hydrogen (secondary N) is 5. The summed E-state index contributed by atoms with van der Waals surface area (Å²) >= 11 is -0.0166. The van der Waals surface area contributed by atoms with Crippen LogP contribution in [-0.4, -0.2) is 222 Å². The number of phenols is 1. The fourth-order valence-electron chi connectivity index (χ4n) is 12.1. The third-order valence-corrected chi connectivity index (χ3v) is 17.4. The molecule has 16 N–H and O–H groups in total. The van der Waals surface area contributed by atoms with Crippen LogP contribution in [0.1, 0.15) is 98.7 Å². The summed E-state index contributed by atoms with van der Waals surface area (Å²) in [5.74, 6) is -11.1. The number of rotatable bonds is 16. The van der Waals surface area contributed by atoms with Crippen LogP contribution < -0.4 is 46.3 Å². The van der Waals surface area contributed by atoms with Crippen LogP contribution in [0.2, 0.25) is 0 Å². The van der Waals surface area contributed by atoms with Crippen molar-refractivity contribution in [1.29, 1.82) is 0 Å². The lowest BCUT2D eigenvalue weighted by atomic mass is 9.84. The number of phenolic OH excluding ortho intramolecular Hbond substituents is 1. The molecular formula is C58H78N10O20S. The Morgan fingerprint density at radius 2 is 1.34 bits per heavy atom. The molecule has 1 aliphatic carbocycles. The number of nitrogens with zero attached hydrogens (tertiary/aromatic N) is 4. The summed E-state index contributed by atoms with van der Waals surface area (Å²) < 4.78 is 9.21. The van der Waals surface area contributed by atoms with Gasteiger partial charge in [0, 0.05) is 81.5 Å². The zero-order valence-electron chi connectivity index (χ0n) is 48.9. The standard InChI is InChI=1S/C58H78N10O20S/c1-29-27-68-48(49(29)75)56(82)60-26-37(70)23-39(61-52(78)33-10-15-36(16-11-33)66-20-18-65(19-21-66)35-13-8-32(9-14-35)31-6-4-3-5-7-31)53(79)62-45(30(2)69)57(83)67-28-38(71)24-40(67)54(80)64-47(55(81)63-46(58(68)84)42(73)25-44(59)74)51(77)50(76)34-12-17-41(72)43(22-34)86-89-88-87-85/h8-17,22,29-31,37-40,42,45-51,69-73,75-77,85H,3-7,18-21,23-28H2,1-2H3,(H2,59,74)(H,60,82)(H,61,78)(H,62,79)(H,63,81)(H,64,80). The molecule has 0 aromatic heterocycles. The predicted octanol–water partition coefficient (Wildman–Crippen LogP) is -2.56. The van der Waals surface area contributed by atoms with Crippen molar-refractivity contribution < 1.29 is 98.0 Å². The molecule has 14 unspecified atom stereocenters. The molecule has 5 fully saturated rings. The van der Waals surface area contributed by atoms with Gasteiger partial charge in [-0.25, -0.2) is 5.26 Å². The van der Waals surface area contributed by atoms with Crippen molar-refractivity contribution in [3.63, 3.8) is 0 Å². The lowest BCUT2D eigenvalue weighted by molar-refractivity contribution is -0.433. The number of nitrogens with two attached hydrogens (primary N) is 1. The monoisotopic (exact) mass is 1270 g/mol. The molecule has 4 aliphatic heterocycles. The van der Waals surface area contributed by atoms with Crippen LogP contribution in [0.4, 0.5) is 11.4 Å². The van der Waals surface area contributed by atoms with E-state index in [-0.39, 0.29) is 23.5 Å². The quantitative estimate of drug-likeness (QED) is 0.0304. The SMILES string of the molecule is CC(O)C1NC(=O)C(NC(=O)c2ccc(N3CCN(c4ccc(C5CCCCC5)cc4)CC3)cc2)CC(O)CNC(=O)C2C(O)C(C)CN2C(=O)C(C(O)CC(N)=O)NC(=O)C(C(O)C(O)c2ccc(O)c(OSOOO)c2)NC(=O)C2CC(O)CN2C1=O. The number of fused-ring (bicyclic) bond motifs is 2. The van der Waals surface area contributed by atoms with E-state index in [4.69, 9.17) is 15.2 Å². The number of aromatic hydroxyl groups is 1. The first-order chi connectivity index (χ1) is 42.4. The van der Waals surface area contributed by atoms with Crippen molar-refractivity contribution in [3.05, 3.63) is 83.4 Å². The van der Waals surface area contributed by atoms with Crippen LogP contribution in [-0.2, 0) is 42.9 Å².